The van der Waals surface area contributed by atoms with Crippen molar-refractivity contribution in [2.45, 2.75) is 6.54 Å². The molecule has 5 nitrogen and oxygen atoms in total. The van der Waals surface area contributed by atoms with Crippen LogP contribution in [0.1, 0.15) is 10.5 Å². The van der Waals surface area contributed by atoms with Crippen LogP contribution in [0, 0.1) is 0 Å². The Morgan fingerprint density at radius 2 is 2.38 bits per heavy atom. The van der Waals surface area contributed by atoms with Gasteiger partial charge in [-0.05, 0) is 17.5 Å². The zero-order chi connectivity index (χ0) is 11.5. The fourth-order valence-corrected chi connectivity index (χ4v) is 2.06. The van der Waals surface area contributed by atoms with Crippen LogP contribution in [-0.2, 0) is 6.54 Å². The van der Waals surface area contributed by atoms with Crippen molar-refractivity contribution < 1.29 is 15.0 Å². The highest BCUT2D eigenvalue weighted by molar-refractivity contribution is 7.08. The molecular weight excluding hydrogens is 228 g/mol. The van der Waals surface area contributed by atoms with Crippen LogP contribution in [0.2, 0.25) is 0 Å². The van der Waals surface area contributed by atoms with E-state index in [0.29, 0.717) is 5.69 Å². The zero-order valence-electron chi connectivity index (χ0n) is 8.33. The summed E-state index contributed by atoms with van der Waals surface area (Å²) in [5, 5.41) is 25.7. The topological polar surface area (TPSA) is 75.3 Å². The number of carboxylic acids is 1. The second kappa shape index (κ2) is 4.46. The molecule has 0 aliphatic carbocycles. The number of thiophene rings is 1. The minimum absolute atomic E-state index is 0.0928. The van der Waals surface area contributed by atoms with Crippen molar-refractivity contribution in [3.63, 3.8) is 0 Å². The molecule has 2 aromatic heterocycles. The van der Waals surface area contributed by atoms with Crippen LogP contribution in [0.25, 0.3) is 11.3 Å². The molecule has 2 N–H and O–H groups in total. The second-order valence-electron chi connectivity index (χ2n) is 3.18. The number of hydrogen-bond acceptors (Lipinski definition) is 4. The van der Waals surface area contributed by atoms with E-state index >= 15 is 0 Å². The van der Waals surface area contributed by atoms with Crippen molar-refractivity contribution in [2.24, 2.45) is 0 Å². The minimum atomic E-state index is -1.04. The average Bonchev–Trinajstić information content (AvgIpc) is 2.83. The lowest BCUT2D eigenvalue weighted by Gasteiger charge is -1.99. The summed E-state index contributed by atoms with van der Waals surface area (Å²) in [4.78, 5) is 10.9. The molecule has 0 amide bonds. The molecule has 2 rings (SSSR count). The molecule has 0 aliphatic heterocycles. The quantitative estimate of drug-likeness (QED) is 0.841. The molecule has 0 fully saturated rings. The molecule has 0 spiro atoms. The van der Waals surface area contributed by atoms with Crippen LogP contribution in [0.5, 0.6) is 0 Å². The molecule has 2 heterocycles. The molecule has 2 aromatic rings. The van der Waals surface area contributed by atoms with Gasteiger partial charge in [0.05, 0.1) is 18.8 Å². The van der Waals surface area contributed by atoms with Crippen molar-refractivity contribution >= 4 is 17.3 Å². The van der Waals surface area contributed by atoms with Crippen LogP contribution in [0.3, 0.4) is 0 Å². The van der Waals surface area contributed by atoms with Gasteiger partial charge in [0, 0.05) is 10.9 Å². The maximum Gasteiger partial charge on any atom is 0.354 e. The van der Waals surface area contributed by atoms with E-state index in [1.807, 2.05) is 16.8 Å². The SMILES string of the molecule is O=C(O)c1cc(-c2ccsc2)nn1CCO. The Balaban J connectivity index is 2.42. The largest absolute Gasteiger partial charge is 0.477 e. The summed E-state index contributed by atoms with van der Waals surface area (Å²) in [6.07, 6.45) is 0. The summed E-state index contributed by atoms with van der Waals surface area (Å²) >= 11 is 1.53. The standard InChI is InChI=1S/C10H10N2O3S/c13-3-2-12-9(10(14)15)5-8(11-12)7-1-4-16-6-7/h1,4-6,13H,2-3H2,(H,14,15). The van der Waals surface area contributed by atoms with Crippen molar-refractivity contribution in [1.29, 1.82) is 0 Å². The van der Waals surface area contributed by atoms with Crippen molar-refractivity contribution in [3.8, 4) is 11.3 Å². The van der Waals surface area contributed by atoms with Gasteiger partial charge in [0.2, 0.25) is 0 Å². The Hall–Kier alpha value is -1.66. The first kappa shape index (κ1) is 10.8. The Labute approximate surface area is 95.6 Å². The van der Waals surface area contributed by atoms with E-state index in [4.69, 9.17) is 10.2 Å². The Bertz CT molecular complexity index is 490. The number of aromatic nitrogens is 2. The summed E-state index contributed by atoms with van der Waals surface area (Å²) in [5.41, 5.74) is 1.60. The molecule has 0 saturated heterocycles. The normalized spacial score (nSPS) is 10.6. The average molecular weight is 238 g/mol. The van der Waals surface area contributed by atoms with E-state index in [1.54, 1.807) is 0 Å². The third-order valence-corrected chi connectivity index (χ3v) is 2.81. The van der Waals surface area contributed by atoms with Gasteiger partial charge in [-0.3, -0.25) is 4.68 Å². The number of carboxylic acid groups (broad SMARTS) is 1. The van der Waals surface area contributed by atoms with Crippen LogP contribution in [0.15, 0.2) is 22.9 Å². The maximum atomic E-state index is 10.9. The first-order valence-electron chi connectivity index (χ1n) is 4.67. The predicted molar refractivity (Wildman–Crippen MR) is 59.6 cm³/mol. The second-order valence-corrected chi connectivity index (χ2v) is 3.96. The summed E-state index contributed by atoms with van der Waals surface area (Å²) in [5.74, 6) is -1.04. The number of aliphatic hydroxyl groups is 1. The highest BCUT2D eigenvalue weighted by Gasteiger charge is 2.14. The number of nitrogens with zero attached hydrogens (tertiary/aromatic N) is 2. The molecule has 84 valence electrons. The molecule has 16 heavy (non-hydrogen) atoms. The number of rotatable bonds is 4. The van der Waals surface area contributed by atoms with Gasteiger partial charge < -0.3 is 10.2 Å². The smallest absolute Gasteiger partial charge is 0.354 e. The molecule has 0 atom stereocenters. The first-order valence-corrected chi connectivity index (χ1v) is 5.61. The molecule has 0 aromatic carbocycles. The zero-order valence-corrected chi connectivity index (χ0v) is 9.15. The van der Waals surface area contributed by atoms with Crippen LogP contribution < -0.4 is 0 Å². The fraction of sp³-hybridized carbons (Fsp3) is 0.200. The van der Waals surface area contributed by atoms with E-state index in [-0.39, 0.29) is 18.8 Å². The number of hydrogen-bond donors (Lipinski definition) is 2. The van der Waals surface area contributed by atoms with Crippen molar-refractivity contribution in [2.75, 3.05) is 6.61 Å². The summed E-state index contributed by atoms with van der Waals surface area (Å²) in [6.45, 7) is 0.0524. The van der Waals surface area contributed by atoms with E-state index in [0.717, 1.165) is 5.56 Å². The lowest BCUT2D eigenvalue weighted by atomic mass is 10.2. The highest BCUT2D eigenvalue weighted by Crippen LogP contribution is 2.21. The third-order valence-electron chi connectivity index (χ3n) is 2.13. The first-order chi connectivity index (χ1) is 7.72. The molecule has 6 heteroatoms. The van der Waals surface area contributed by atoms with Gasteiger partial charge >= 0.3 is 5.97 Å². The van der Waals surface area contributed by atoms with Crippen LogP contribution >= 0.6 is 11.3 Å². The summed E-state index contributed by atoms with van der Waals surface area (Å²) in [6, 6.07) is 3.39. The molecule has 0 saturated carbocycles. The number of aromatic carboxylic acids is 1. The highest BCUT2D eigenvalue weighted by atomic mass is 32.1. The van der Waals surface area contributed by atoms with Gasteiger partial charge in [-0.15, -0.1) is 0 Å². The minimum Gasteiger partial charge on any atom is -0.477 e. The van der Waals surface area contributed by atoms with Gasteiger partial charge in [0.25, 0.3) is 0 Å². The van der Waals surface area contributed by atoms with Crippen molar-refractivity contribution in [1.82, 2.24) is 9.78 Å². The maximum absolute atomic E-state index is 10.9. The van der Waals surface area contributed by atoms with E-state index in [1.165, 1.54) is 22.1 Å². The van der Waals surface area contributed by atoms with Gasteiger partial charge in [-0.1, -0.05) is 0 Å². The fourth-order valence-electron chi connectivity index (χ4n) is 1.41. The van der Waals surface area contributed by atoms with E-state index < -0.39 is 5.97 Å². The van der Waals surface area contributed by atoms with E-state index in [2.05, 4.69) is 5.10 Å². The lowest BCUT2D eigenvalue weighted by Crippen LogP contribution is -2.12. The Morgan fingerprint density at radius 3 is 2.94 bits per heavy atom. The van der Waals surface area contributed by atoms with Gasteiger partial charge in [-0.25, -0.2) is 4.79 Å². The van der Waals surface area contributed by atoms with Crippen molar-refractivity contribution in [3.05, 3.63) is 28.6 Å². The van der Waals surface area contributed by atoms with Gasteiger partial charge in [-0.2, -0.15) is 16.4 Å². The Kier molecular flexibility index (Phi) is 3.02. The van der Waals surface area contributed by atoms with Gasteiger partial charge in [0.15, 0.2) is 0 Å². The molecule has 0 aliphatic rings. The number of carbonyl (C=O) groups is 1. The van der Waals surface area contributed by atoms with Crippen LogP contribution in [-0.4, -0.2) is 32.6 Å². The third kappa shape index (κ3) is 1.98. The van der Waals surface area contributed by atoms with Crippen LogP contribution in [0.4, 0.5) is 0 Å². The Morgan fingerprint density at radius 1 is 1.56 bits per heavy atom. The molecule has 0 radical (unpaired) electrons. The van der Waals surface area contributed by atoms with E-state index in [9.17, 15) is 4.79 Å². The number of aliphatic hydroxyl groups excluding tert-OH is 1. The lowest BCUT2D eigenvalue weighted by molar-refractivity contribution is 0.0681. The predicted octanol–water partition coefficient (Wildman–Crippen LogP) is 1.30. The monoisotopic (exact) mass is 238 g/mol. The summed E-state index contributed by atoms with van der Waals surface area (Å²) < 4.78 is 1.30. The molecule has 0 bridgehead atoms. The molecular formula is C10H10N2O3S. The molecule has 0 unspecified atom stereocenters. The summed E-state index contributed by atoms with van der Waals surface area (Å²) in [7, 11) is 0. The van der Waals surface area contributed by atoms with Gasteiger partial charge in [0.1, 0.15) is 5.69 Å².